The number of anilines is 3. The molecule has 44 heteroatoms. The second kappa shape index (κ2) is 22.8. The fraction of sp³-hybridized carbons (Fsp3) is 0.526. The van der Waals surface area contributed by atoms with E-state index in [0.717, 1.165) is 51.1 Å². The third kappa shape index (κ3) is 11.7. The Morgan fingerprint density at radius 1 is 0.561 bits per heavy atom. The van der Waals surface area contributed by atoms with Crippen LogP contribution in [0.25, 0.3) is 22.3 Å². The van der Waals surface area contributed by atoms with E-state index >= 15 is 0 Å². The number of hydrogen-bond donors (Lipinski definition) is 14. The maximum atomic E-state index is 14.0. The lowest BCUT2D eigenvalue weighted by Crippen LogP contribution is -2.39. The number of hydrogen-bond acceptors (Lipinski definition) is 32. The normalized spacial score (nSPS) is 32.5. The zero-order valence-electron chi connectivity index (χ0n) is 41.1. The Balaban J connectivity index is 0.857. The van der Waals surface area contributed by atoms with Crippen molar-refractivity contribution < 1.29 is 105 Å². The van der Waals surface area contributed by atoms with Gasteiger partial charge in [-0.05, 0) is 6.07 Å². The van der Waals surface area contributed by atoms with E-state index in [1.165, 1.54) is 6.07 Å². The van der Waals surface area contributed by atoms with E-state index in [1.54, 1.807) is 0 Å². The molecule has 4 fully saturated rings. The molecule has 4 aliphatic rings. The number of ether oxygens (including phenoxy) is 4. The summed E-state index contributed by atoms with van der Waals surface area (Å²) in [5.41, 5.74) is 12.8. The van der Waals surface area contributed by atoms with E-state index in [0.29, 0.717) is 4.57 Å². The second-order valence-electron chi connectivity index (χ2n) is 18.3. The summed E-state index contributed by atoms with van der Waals surface area (Å²) in [6.45, 7) is -4.45. The van der Waals surface area contributed by atoms with E-state index in [2.05, 4.69) is 34.9 Å². The molecule has 6 aromatic rings. The van der Waals surface area contributed by atoms with Gasteiger partial charge in [-0.2, -0.15) is 9.97 Å². The molecule has 6 aromatic heterocycles. The fourth-order valence-corrected chi connectivity index (χ4v) is 12.1. The fourth-order valence-electron chi connectivity index (χ4n) is 9.24. The van der Waals surface area contributed by atoms with Crippen molar-refractivity contribution in [2.75, 3.05) is 43.6 Å². The Kier molecular flexibility index (Phi) is 16.4. The van der Waals surface area contributed by atoms with Gasteiger partial charge in [0.1, 0.15) is 90.9 Å². The number of aliphatic hydroxyl groups excluding tert-OH is 6. The molecule has 10 rings (SSSR count). The maximum absolute atomic E-state index is 14.0. The van der Waals surface area contributed by atoms with Gasteiger partial charge in [-0.25, -0.2) is 43.2 Å². The molecule has 17 N–H and O–H groups in total. The van der Waals surface area contributed by atoms with Gasteiger partial charge < -0.3 is 81.5 Å². The van der Waals surface area contributed by atoms with Crippen molar-refractivity contribution in [3.05, 3.63) is 85.2 Å². The number of H-pyrrole nitrogens is 2. The molecule has 0 spiro atoms. The van der Waals surface area contributed by atoms with Crippen LogP contribution in [0, 0.1) is 0 Å². The van der Waals surface area contributed by atoms with Crippen LogP contribution in [0.4, 0.5) is 17.6 Å². The van der Waals surface area contributed by atoms with E-state index in [4.69, 9.17) is 63.3 Å². The first-order chi connectivity index (χ1) is 38.7. The highest BCUT2D eigenvalue weighted by molar-refractivity contribution is 7.48. The molecule has 19 atom stereocenters. The van der Waals surface area contributed by atoms with Gasteiger partial charge in [0.2, 0.25) is 5.95 Å². The molecule has 0 aliphatic carbocycles. The zero-order chi connectivity index (χ0) is 58.9. The van der Waals surface area contributed by atoms with E-state index < -0.39 is 171 Å². The van der Waals surface area contributed by atoms with E-state index in [9.17, 15) is 78.2 Å². The quantitative estimate of drug-likeness (QED) is 0.0316. The average molecular weight is 1220 g/mol. The molecule has 4 aliphatic heterocycles. The molecular weight excluding hydrogens is 1180 g/mol. The lowest BCUT2D eigenvalue weighted by Gasteiger charge is -2.26. The Hall–Kier alpha value is -6.21. The predicted octanol–water partition coefficient (Wildman–Crippen LogP) is -6.59. The van der Waals surface area contributed by atoms with Crippen molar-refractivity contribution in [1.82, 2.24) is 58.1 Å². The van der Waals surface area contributed by atoms with Crippen molar-refractivity contribution in [1.29, 1.82) is 0 Å². The number of phosphoric ester groups is 3. The van der Waals surface area contributed by atoms with Gasteiger partial charge in [0.25, 0.3) is 11.1 Å². The minimum atomic E-state index is -5.72. The van der Waals surface area contributed by atoms with Crippen LogP contribution in [0.2, 0.25) is 0 Å². The number of rotatable bonds is 20. The first-order valence-corrected chi connectivity index (χ1v) is 28.1. The van der Waals surface area contributed by atoms with Crippen molar-refractivity contribution in [3.8, 4) is 0 Å². The van der Waals surface area contributed by atoms with Gasteiger partial charge in [0.05, 0.1) is 39.1 Å². The monoisotopic (exact) mass is 1220 g/mol. The summed E-state index contributed by atoms with van der Waals surface area (Å²) in [5.74, 6) is -0.660. The summed E-state index contributed by atoms with van der Waals surface area (Å²) in [6, 6.07) is 2.00. The molecule has 446 valence electrons. The molecule has 0 bridgehead atoms. The van der Waals surface area contributed by atoms with Crippen LogP contribution < -0.4 is 39.7 Å². The topological polar surface area (TPSA) is 601 Å². The summed E-state index contributed by atoms with van der Waals surface area (Å²) >= 11 is 0. The Bertz CT molecular complexity index is 3750. The Morgan fingerprint density at radius 3 is 1.61 bits per heavy atom. The maximum Gasteiger partial charge on any atom is 0.472 e. The van der Waals surface area contributed by atoms with Crippen LogP contribution >= 0.6 is 23.5 Å². The van der Waals surface area contributed by atoms with Crippen LogP contribution in [0.15, 0.2) is 62.7 Å². The van der Waals surface area contributed by atoms with Gasteiger partial charge in [-0.1, -0.05) is 0 Å². The molecule has 82 heavy (non-hydrogen) atoms. The number of aliphatic hydroxyl groups is 6. The summed E-state index contributed by atoms with van der Waals surface area (Å²) in [5, 5.41) is 66.0. The molecule has 0 aromatic carbocycles. The van der Waals surface area contributed by atoms with Crippen LogP contribution in [0.1, 0.15) is 24.9 Å². The lowest BCUT2D eigenvalue weighted by atomic mass is 10.1. The van der Waals surface area contributed by atoms with Crippen LogP contribution in [0.5, 0.6) is 0 Å². The zero-order valence-corrected chi connectivity index (χ0v) is 43.8. The summed E-state index contributed by atoms with van der Waals surface area (Å²) < 4.78 is 98.9. The number of aromatic amines is 2. The van der Waals surface area contributed by atoms with Gasteiger partial charge in [-0.15, -0.1) is 0 Å². The van der Waals surface area contributed by atoms with Crippen LogP contribution in [-0.2, 0) is 59.8 Å². The Morgan fingerprint density at radius 2 is 1.05 bits per heavy atom. The van der Waals surface area contributed by atoms with Crippen molar-refractivity contribution in [2.45, 2.75) is 98.2 Å². The molecule has 4 saturated heterocycles. The molecule has 0 radical (unpaired) electrons. The molecule has 0 amide bonds. The van der Waals surface area contributed by atoms with E-state index in [1.807, 2.05) is 4.98 Å². The SMILES string of the molecule is Nc1ccn([C@@H]2O[C@H](COP(=O)(O)O[C@H]3[C@@H](O)[C@H](n4ccc(=O)[nH]c4=O)O[C@@H]3COP(=O)(O)O[C@H]3[C@@H](O)[C@H](n4cnc5c(N)ncnc54)O[C@@H]3COP(=O)(O)O[C@H]3[C@@H](O)[C@H](n4cnc5c(=O)[nH]c(N)nc54)O[C@@H]3CO)[C@@H](O)[C@H]2O)c(=O)n1. The van der Waals surface area contributed by atoms with Gasteiger partial charge in [0, 0.05) is 18.5 Å². The van der Waals surface area contributed by atoms with Gasteiger partial charge in [-0.3, -0.25) is 65.0 Å². The lowest BCUT2D eigenvalue weighted by molar-refractivity contribution is -0.0651. The minimum absolute atomic E-state index is 0.0125. The van der Waals surface area contributed by atoms with Crippen molar-refractivity contribution in [2.24, 2.45) is 0 Å². The Labute approximate surface area is 452 Å². The molecule has 0 saturated carbocycles. The number of aromatic nitrogens is 12. The number of phosphoric acid groups is 3. The summed E-state index contributed by atoms with van der Waals surface area (Å²) in [4.78, 5) is 110. The molecular formula is C38H48N15O26P3. The first kappa shape index (κ1) is 59.0. The second-order valence-corrected chi connectivity index (χ2v) is 22.5. The standard InChI is InChI=1S/C38H48N15O26P3/c39-16-1-3-50(37(62)46-16)32-21(57)20(56)13(74-32)6-70-80(64,65)78-26-14(75-33(23(26)59)51-4-2-17(55)47-38(51)63)7-72-82(68,69)79-27-15(76-34(24(27)60)52-10-44-18-28(40)42-9-43-29(18)52)8-71-81(66,67)77-25-12(5-54)73-35(22(25)58)53-11-45-19-30(53)48-36(41)49-31(19)61/h1-4,9-15,20-27,32-35,54,56-60H,5-8H2,(H,64,65)(H,66,67)(H,68,69)(H2,39,46,62)(H2,40,42,43)(H,47,55,63)(H3,41,48,49,61)/t12-,13-,14-,15-,20-,21-,22-,23-,24-,25-,26-,27-,32-,33-,34-,35-/m1/s1. The van der Waals surface area contributed by atoms with Gasteiger partial charge >= 0.3 is 34.8 Å². The minimum Gasteiger partial charge on any atom is -0.394 e. The number of nitrogens with zero attached hydrogens (tertiary/aromatic N) is 10. The van der Waals surface area contributed by atoms with Crippen molar-refractivity contribution in [3.63, 3.8) is 0 Å². The number of imidazole rings is 2. The summed E-state index contributed by atoms with van der Waals surface area (Å²) in [6.07, 6.45) is -25.0. The van der Waals surface area contributed by atoms with Gasteiger partial charge in [0.15, 0.2) is 47.5 Å². The highest BCUT2D eigenvalue weighted by Crippen LogP contribution is 2.54. The molecule has 41 nitrogen and oxygen atoms in total. The number of nitrogens with two attached hydrogens (primary N) is 3. The van der Waals surface area contributed by atoms with E-state index in [-0.39, 0.29) is 39.9 Å². The number of fused-ring (bicyclic) bond motifs is 2. The number of nitrogens with one attached hydrogen (secondary N) is 2. The molecule has 10 heterocycles. The largest absolute Gasteiger partial charge is 0.472 e. The highest BCUT2D eigenvalue weighted by atomic mass is 31.2. The van der Waals surface area contributed by atoms with Crippen LogP contribution in [0.3, 0.4) is 0 Å². The third-order valence-corrected chi connectivity index (χ3v) is 16.0. The number of nitrogen functional groups attached to an aromatic ring is 3. The third-order valence-electron chi connectivity index (χ3n) is 13.1. The molecule has 3 unspecified atom stereocenters. The predicted molar refractivity (Wildman–Crippen MR) is 261 cm³/mol. The van der Waals surface area contributed by atoms with Crippen molar-refractivity contribution >= 4 is 63.4 Å². The summed E-state index contributed by atoms with van der Waals surface area (Å²) in [7, 11) is -16.8. The van der Waals surface area contributed by atoms with Crippen LogP contribution in [-0.4, -0.2) is 203 Å². The smallest absolute Gasteiger partial charge is 0.394 e. The first-order valence-electron chi connectivity index (χ1n) is 23.7. The average Bonchev–Trinajstić information content (AvgIpc) is 3.34. The highest BCUT2D eigenvalue weighted by Gasteiger charge is 2.55.